The molecule has 0 aliphatic carbocycles. The Morgan fingerprint density at radius 2 is 1.77 bits per heavy atom. The number of aromatic amines is 2. The van der Waals surface area contributed by atoms with Gasteiger partial charge in [-0.2, -0.15) is 0 Å². The van der Waals surface area contributed by atoms with Crippen LogP contribution in [0.5, 0.6) is 0 Å². The molecule has 4 heterocycles. The molecule has 22 heavy (non-hydrogen) atoms. The van der Waals surface area contributed by atoms with Gasteiger partial charge in [0.25, 0.3) is 0 Å². The topological polar surface area (TPSA) is 57.4 Å². The summed E-state index contributed by atoms with van der Waals surface area (Å²) < 4.78 is 0. The van der Waals surface area contributed by atoms with Crippen LogP contribution in [-0.4, -0.2) is 19.9 Å². The van der Waals surface area contributed by atoms with E-state index in [2.05, 4.69) is 39.2 Å². The van der Waals surface area contributed by atoms with Crippen LogP contribution in [0.2, 0.25) is 0 Å². The first-order chi connectivity index (χ1) is 10.9. The number of nitrogens with zero attached hydrogens (tertiary/aromatic N) is 2. The van der Waals surface area contributed by atoms with Crippen molar-refractivity contribution in [2.45, 2.75) is 0 Å². The third-order valence-electron chi connectivity index (χ3n) is 4.03. The van der Waals surface area contributed by atoms with Crippen molar-refractivity contribution in [2.75, 3.05) is 0 Å². The van der Waals surface area contributed by atoms with Crippen molar-refractivity contribution in [2.24, 2.45) is 0 Å². The Morgan fingerprint density at radius 3 is 2.68 bits per heavy atom. The van der Waals surface area contributed by atoms with Crippen LogP contribution in [0.4, 0.5) is 0 Å². The molecule has 0 aliphatic rings. The van der Waals surface area contributed by atoms with Crippen LogP contribution in [0.1, 0.15) is 0 Å². The number of fused-ring (bicyclic) bond motifs is 4. The third kappa shape index (κ3) is 1.58. The second-order valence-electron chi connectivity index (χ2n) is 5.40. The number of H-pyrrole nitrogens is 2. The van der Waals surface area contributed by atoms with Gasteiger partial charge in [-0.15, -0.1) is 0 Å². The second kappa shape index (κ2) is 4.18. The van der Waals surface area contributed by atoms with E-state index in [9.17, 15) is 0 Å². The molecule has 104 valence electrons. The molecule has 0 radical (unpaired) electrons. The van der Waals surface area contributed by atoms with Gasteiger partial charge in [0.2, 0.25) is 0 Å². The van der Waals surface area contributed by atoms with Crippen molar-refractivity contribution < 1.29 is 0 Å². The highest BCUT2D eigenvalue weighted by atomic mass is 14.8. The van der Waals surface area contributed by atoms with Crippen molar-refractivity contribution in [1.82, 2.24) is 19.9 Å². The Balaban J connectivity index is 1.84. The molecule has 0 amide bonds. The molecule has 4 nitrogen and oxygen atoms in total. The summed E-state index contributed by atoms with van der Waals surface area (Å²) in [5.74, 6) is 0. The average molecular weight is 284 g/mol. The fraction of sp³-hybridized carbons (Fsp3) is 0. The van der Waals surface area contributed by atoms with Crippen LogP contribution >= 0.6 is 0 Å². The highest BCUT2D eigenvalue weighted by Gasteiger charge is 2.10. The maximum atomic E-state index is 4.77. The monoisotopic (exact) mass is 284 g/mol. The summed E-state index contributed by atoms with van der Waals surface area (Å²) in [7, 11) is 0. The fourth-order valence-electron chi connectivity index (χ4n) is 2.94. The number of hydrogen-bond acceptors (Lipinski definition) is 2. The zero-order valence-electron chi connectivity index (χ0n) is 11.7. The van der Waals surface area contributed by atoms with Crippen molar-refractivity contribution >= 4 is 33.0 Å². The van der Waals surface area contributed by atoms with E-state index in [0.29, 0.717) is 0 Å². The molecule has 1 aromatic carbocycles. The molecule has 0 unspecified atom stereocenters. The SMILES string of the molecule is c1ccc(-c2cc3c(cn2)[nH]c2cc4[nH]ccc4nc23)cc1. The Bertz CT molecular complexity index is 1120. The zero-order chi connectivity index (χ0) is 14.5. The maximum Gasteiger partial charge on any atom is 0.0967 e. The van der Waals surface area contributed by atoms with E-state index in [1.54, 1.807) is 0 Å². The van der Waals surface area contributed by atoms with E-state index in [1.165, 1.54) is 0 Å². The molecule has 0 saturated heterocycles. The standard InChI is InChI=1S/C18H12N4/c1-2-4-11(5-3-1)14-8-12-17(10-20-14)21-16-9-15-13(6-7-19-15)22-18(12)16/h1-10,19,21H. The first kappa shape index (κ1) is 11.5. The van der Waals surface area contributed by atoms with Crippen LogP contribution < -0.4 is 0 Å². The molecule has 0 bridgehead atoms. The Hall–Kier alpha value is -3.14. The second-order valence-corrected chi connectivity index (χ2v) is 5.40. The summed E-state index contributed by atoms with van der Waals surface area (Å²) in [6.07, 6.45) is 3.80. The number of pyridine rings is 2. The van der Waals surface area contributed by atoms with Gasteiger partial charge in [0.15, 0.2) is 0 Å². The number of hydrogen-bond donors (Lipinski definition) is 2. The number of benzene rings is 1. The van der Waals surface area contributed by atoms with Crippen LogP contribution in [0, 0.1) is 0 Å². The van der Waals surface area contributed by atoms with Gasteiger partial charge in [0.1, 0.15) is 0 Å². The molecule has 0 saturated carbocycles. The van der Waals surface area contributed by atoms with E-state index in [-0.39, 0.29) is 0 Å². The predicted octanol–water partition coefficient (Wildman–Crippen LogP) is 4.26. The summed E-state index contributed by atoms with van der Waals surface area (Å²) in [5, 5.41) is 1.10. The summed E-state index contributed by atoms with van der Waals surface area (Å²) in [6.45, 7) is 0. The molecule has 2 N–H and O–H groups in total. The van der Waals surface area contributed by atoms with Gasteiger partial charge in [-0.1, -0.05) is 30.3 Å². The lowest BCUT2D eigenvalue weighted by Crippen LogP contribution is -1.83. The maximum absolute atomic E-state index is 4.77. The van der Waals surface area contributed by atoms with Gasteiger partial charge in [-0.05, 0) is 18.2 Å². The van der Waals surface area contributed by atoms with Gasteiger partial charge in [0, 0.05) is 17.1 Å². The largest absolute Gasteiger partial charge is 0.360 e. The van der Waals surface area contributed by atoms with Crippen LogP contribution in [-0.2, 0) is 0 Å². The van der Waals surface area contributed by atoms with E-state index in [4.69, 9.17) is 4.98 Å². The molecule has 0 atom stereocenters. The minimum atomic E-state index is 0.963. The first-order valence-electron chi connectivity index (χ1n) is 7.19. The van der Waals surface area contributed by atoms with Gasteiger partial charge in [-0.3, -0.25) is 4.98 Å². The van der Waals surface area contributed by atoms with Crippen molar-refractivity contribution in [3.05, 3.63) is 60.9 Å². The van der Waals surface area contributed by atoms with Crippen LogP contribution in [0.25, 0.3) is 44.2 Å². The molecule has 0 aliphatic heterocycles. The highest BCUT2D eigenvalue weighted by molar-refractivity contribution is 6.08. The minimum absolute atomic E-state index is 0.963. The van der Waals surface area contributed by atoms with Gasteiger partial charge in [-0.25, -0.2) is 4.98 Å². The Kier molecular flexibility index (Phi) is 2.19. The van der Waals surface area contributed by atoms with Gasteiger partial charge >= 0.3 is 0 Å². The molecule has 4 heteroatoms. The molecule has 0 fully saturated rings. The van der Waals surface area contributed by atoms with Crippen molar-refractivity contribution in [1.29, 1.82) is 0 Å². The van der Waals surface area contributed by atoms with E-state index < -0.39 is 0 Å². The summed E-state index contributed by atoms with van der Waals surface area (Å²) >= 11 is 0. The number of rotatable bonds is 1. The predicted molar refractivity (Wildman–Crippen MR) is 88.7 cm³/mol. The third-order valence-corrected chi connectivity index (χ3v) is 4.03. The summed E-state index contributed by atoms with van der Waals surface area (Å²) in [5.41, 5.74) is 7.11. The van der Waals surface area contributed by atoms with Crippen LogP contribution in [0.15, 0.2) is 60.9 Å². The molecule has 0 spiro atoms. The minimum Gasteiger partial charge on any atom is -0.360 e. The summed E-state index contributed by atoms with van der Waals surface area (Å²) in [6, 6.07) is 16.4. The lowest BCUT2D eigenvalue weighted by molar-refractivity contribution is 1.34. The first-order valence-corrected chi connectivity index (χ1v) is 7.19. The van der Waals surface area contributed by atoms with Gasteiger partial charge < -0.3 is 9.97 Å². The lowest BCUT2D eigenvalue weighted by atomic mass is 10.1. The molecule has 5 aromatic rings. The molecular formula is C18H12N4. The van der Waals surface area contributed by atoms with Crippen LogP contribution in [0.3, 0.4) is 0 Å². The molecular weight excluding hydrogens is 272 g/mol. The zero-order valence-corrected chi connectivity index (χ0v) is 11.7. The number of nitrogens with one attached hydrogen (secondary N) is 2. The highest BCUT2D eigenvalue weighted by Crippen LogP contribution is 2.29. The summed E-state index contributed by atoms with van der Waals surface area (Å²) in [4.78, 5) is 15.9. The lowest BCUT2D eigenvalue weighted by Gasteiger charge is -2.00. The fourth-order valence-corrected chi connectivity index (χ4v) is 2.94. The van der Waals surface area contributed by atoms with E-state index in [0.717, 1.165) is 44.2 Å². The Morgan fingerprint density at radius 1 is 0.864 bits per heavy atom. The number of aromatic nitrogens is 4. The Labute approximate surface area is 125 Å². The molecule has 5 rings (SSSR count). The van der Waals surface area contributed by atoms with E-state index >= 15 is 0 Å². The normalized spacial score (nSPS) is 11.6. The average Bonchev–Trinajstić information content (AvgIpc) is 3.16. The van der Waals surface area contributed by atoms with Crippen molar-refractivity contribution in [3.8, 4) is 11.3 Å². The van der Waals surface area contributed by atoms with Crippen molar-refractivity contribution in [3.63, 3.8) is 0 Å². The van der Waals surface area contributed by atoms with E-state index in [1.807, 2.05) is 36.7 Å². The smallest absolute Gasteiger partial charge is 0.0967 e. The van der Waals surface area contributed by atoms with Gasteiger partial charge in [0.05, 0.1) is 39.5 Å². The molecule has 4 aromatic heterocycles. The quantitative estimate of drug-likeness (QED) is 0.483.